The molecule has 0 aromatic rings. The summed E-state index contributed by atoms with van der Waals surface area (Å²) in [5.41, 5.74) is 0. The van der Waals surface area contributed by atoms with Crippen molar-refractivity contribution in [3.05, 3.63) is 6.92 Å². The molecule has 1 unspecified atom stereocenters. The third-order valence-electron chi connectivity index (χ3n) is 5.04. The molecule has 0 N–H and O–H groups in total. The first-order chi connectivity index (χ1) is 10.8. The number of rotatable bonds is 18. The fraction of sp³-hybridized carbons (Fsp3) is 0.955. The Morgan fingerprint density at radius 2 is 0.909 bits per heavy atom. The van der Waals surface area contributed by atoms with Gasteiger partial charge in [0.05, 0.1) is 0 Å². The van der Waals surface area contributed by atoms with E-state index < -0.39 is 0 Å². The molecule has 0 bridgehead atoms. The molecule has 22 heavy (non-hydrogen) atoms. The van der Waals surface area contributed by atoms with Gasteiger partial charge in [-0.15, -0.1) is 0 Å². The quantitative estimate of drug-likeness (QED) is 0.223. The van der Waals surface area contributed by atoms with Crippen molar-refractivity contribution in [1.29, 1.82) is 0 Å². The minimum Gasteiger partial charge on any atom is -0.0654 e. The van der Waals surface area contributed by atoms with Crippen LogP contribution in [0.1, 0.15) is 129 Å². The standard InChI is InChI=1S/C22H45/c1-4-7-9-10-11-12-13-14-15-16-17-18-21-22(19-6-3)20-8-5-2/h22H,3-21H2,1-2H3. The second kappa shape index (κ2) is 19.0. The summed E-state index contributed by atoms with van der Waals surface area (Å²) in [5.74, 6) is 0.973. The van der Waals surface area contributed by atoms with Gasteiger partial charge in [-0.1, -0.05) is 136 Å². The van der Waals surface area contributed by atoms with Gasteiger partial charge in [-0.05, 0) is 5.92 Å². The monoisotopic (exact) mass is 309 g/mol. The van der Waals surface area contributed by atoms with E-state index in [4.69, 9.17) is 0 Å². The maximum absolute atomic E-state index is 4.04. The Morgan fingerprint density at radius 3 is 1.36 bits per heavy atom. The van der Waals surface area contributed by atoms with Gasteiger partial charge in [-0.3, -0.25) is 0 Å². The van der Waals surface area contributed by atoms with Gasteiger partial charge in [0, 0.05) is 0 Å². The van der Waals surface area contributed by atoms with E-state index in [9.17, 15) is 0 Å². The molecule has 133 valence electrons. The maximum atomic E-state index is 4.04. The SMILES string of the molecule is [CH2]CCC(CCCC)CCCCCCCCCCCCCC. The van der Waals surface area contributed by atoms with Crippen LogP contribution in [0.3, 0.4) is 0 Å². The lowest BCUT2D eigenvalue weighted by Gasteiger charge is -2.15. The first-order valence-electron chi connectivity index (χ1n) is 10.6. The number of hydrogen-bond acceptors (Lipinski definition) is 0. The van der Waals surface area contributed by atoms with Crippen molar-refractivity contribution < 1.29 is 0 Å². The van der Waals surface area contributed by atoms with E-state index >= 15 is 0 Å². The summed E-state index contributed by atoms with van der Waals surface area (Å²) < 4.78 is 0. The molecule has 0 heteroatoms. The van der Waals surface area contributed by atoms with Crippen LogP contribution in [0.2, 0.25) is 0 Å². The molecule has 0 heterocycles. The minimum atomic E-state index is 0.973. The van der Waals surface area contributed by atoms with Crippen LogP contribution in [-0.2, 0) is 0 Å². The second-order valence-electron chi connectivity index (χ2n) is 7.33. The van der Waals surface area contributed by atoms with E-state index in [2.05, 4.69) is 20.8 Å². The van der Waals surface area contributed by atoms with Gasteiger partial charge in [0.15, 0.2) is 0 Å². The van der Waals surface area contributed by atoms with E-state index in [0.29, 0.717) is 0 Å². The van der Waals surface area contributed by atoms with Crippen molar-refractivity contribution in [3.63, 3.8) is 0 Å². The van der Waals surface area contributed by atoms with Gasteiger partial charge in [0.25, 0.3) is 0 Å². The average molecular weight is 310 g/mol. The van der Waals surface area contributed by atoms with Crippen LogP contribution in [0, 0.1) is 12.8 Å². The van der Waals surface area contributed by atoms with E-state index in [0.717, 1.165) is 12.3 Å². The van der Waals surface area contributed by atoms with Crippen molar-refractivity contribution in [3.8, 4) is 0 Å². The van der Waals surface area contributed by atoms with Crippen molar-refractivity contribution >= 4 is 0 Å². The minimum absolute atomic E-state index is 0.973. The average Bonchev–Trinajstić information content (AvgIpc) is 2.53. The summed E-state index contributed by atoms with van der Waals surface area (Å²) in [6, 6.07) is 0. The highest BCUT2D eigenvalue weighted by Gasteiger charge is 2.06. The summed E-state index contributed by atoms with van der Waals surface area (Å²) in [6.45, 7) is 8.65. The summed E-state index contributed by atoms with van der Waals surface area (Å²) in [6.07, 6.45) is 25.7. The molecule has 0 nitrogen and oxygen atoms in total. The Morgan fingerprint density at radius 1 is 0.500 bits per heavy atom. The van der Waals surface area contributed by atoms with Gasteiger partial charge in [-0.25, -0.2) is 0 Å². The zero-order chi connectivity index (χ0) is 16.3. The second-order valence-corrected chi connectivity index (χ2v) is 7.33. The molecule has 0 aliphatic heterocycles. The first-order valence-corrected chi connectivity index (χ1v) is 10.6. The van der Waals surface area contributed by atoms with Crippen LogP contribution < -0.4 is 0 Å². The van der Waals surface area contributed by atoms with Crippen LogP contribution >= 0.6 is 0 Å². The Bertz CT molecular complexity index is 184. The normalized spacial score (nSPS) is 12.7. The molecule has 1 atom stereocenters. The van der Waals surface area contributed by atoms with Crippen LogP contribution in [0.4, 0.5) is 0 Å². The largest absolute Gasteiger partial charge is 0.0654 e. The van der Waals surface area contributed by atoms with E-state index in [-0.39, 0.29) is 0 Å². The van der Waals surface area contributed by atoms with Crippen molar-refractivity contribution in [2.75, 3.05) is 0 Å². The smallest absolute Gasteiger partial charge is 0.0414 e. The van der Waals surface area contributed by atoms with E-state index in [1.807, 2.05) is 0 Å². The van der Waals surface area contributed by atoms with E-state index in [1.54, 1.807) is 0 Å². The zero-order valence-electron chi connectivity index (χ0n) is 16.0. The molecule has 0 amide bonds. The predicted molar refractivity (Wildman–Crippen MR) is 103 cm³/mol. The third kappa shape index (κ3) is 16.4. The molecule has 0 saturated heterocycles. The number of hydrogen-bond donors (Lipinski definition) is 0. The molecule has 1 radical (unpaired) electrons. The van der Waals surface area contributed by atoms with Gasteiger partial charge in [0.1, 0.15) is 0 Å². The molecule has 0 rings (SSSR count). The fourth-order valence-corrected chi connectivity index (χ4v) is 3.49. The van der Waals surface area contributed by atoms with Gasteiger partial charge in [0.2, 0.25) is 0 Å². The van der Waals surface area contributed by atoms with Crippen LogP contribution in [0.15, 0.2) is 0 Å². The topological polar surface area (TPSA) is 0 Å². The lowest BCUT2D eigenvalue weighted by Crippen LogP contribution is -2.00. The Hall–Kier alpha value is 0. The van der Waals surface area contributed by atoms with Crippen LogP contribution in [-0.4, -0.2) is 0 Å². The van der Waals surface area contributed by atoms with Crippen LogP contribution in [0.25, 0.3) is 0 Å². The maximum Gasteiger partial charge on any atom is -0.0414 e. The molecular weight excluding hydrogens is 264 g/mol. The highest BCUT2D eigenvalue weighted by molar-refractivity contribution is 4.61. The molecule has 0 aromatic carbocycles. The van der Waals surface area contributed by atoms with Gasteiger partial charge in [-0.2, -0.15) is 0 Å². The van der Waals surface area contributed by atoms with E-state index in [1.165, 1.54) is 109 Å². The highest BCUT2D eigenvalue weighted by atomic mass is 14.1. The number of unbranched alkanes of at least 4 members (excludes halogenated alkanes) is 12. The van der Waals surface area contributed by atoms with Crippen molar-refractivity contribution in [2.24, 2.45) is 5.92 Å². The summed E-state index contributed by atoms with van der Waals surface area (Å²) in [4.78, 5) is 0. The zero-order valence-corrected chi connectivity index (χ0v) is 16.0. The molecule has 0 saturated carbocycles. The summed E-state index contributed by atoms with van der Waals surface area (Å²) >= 11 is 0. The first kappa shape index (κ1) is 22.0. The summed E-state index contributed by atoms with van der Waals surface area (Å²) in [7, 11) is 0. The molecule has 0 aromatic heterocycles. The lowest BCUT2D eigenvalue weighted by atomic mass is 9.91. The molecular formula is C22H45. The molecule has 0 aliphatic carbocycles. The van der Waals surface area contributed by atoms with Gasteiger partial charge < -0.3 is 0 Å². The highest BCUT2D eigenvalue weighted by Crippen LogP contribution is 2.22. The molecule has 0 fully saturated rings. The Balaban J connectivity index is 3.23. The predicted octanol–water partition coefficient (Wildman–Crippen LogP) is 8.50. The molecule has 0 spiro atoms. The third-order valence-corrected chi connectivity index (χ3v) is 5.04. The Labute approximate surface area is 142 Å². The summed E-state index contributed by atoms with van der Waals surface area (Å²) in [5, 5.41) is 0. The lowest BCUT2D eigenvalue weighted by molar-refractivity contribution is 0.388. The van der Waals surface area contributed by atoms with Gasteiger partial charge >= 0.3 is 0 Å². The van der Waals surface area contributed by atoms with Crippen molar-refractivity contribution in [2.45, 2.75) is 129 Å². The molecule has 0 aliphatic rings. The van der Waals surface area contributed by atoms with Crippen molar-refractivity contribution in [1.82, 2.24) is 0 Å². The van der Waals surface area contributed by atoms with Crippen LogP contribution in [0.5, 0.6) is 0 Å². The Kier molecular flexibility index (Phi) is 19.0. The fourth-order valence-electron chi connectivity index (χ4n) is 3.49.